The minimum atomic E-state index is -0.453. The van der Waals surface area contributed by atoms with E-state index in [4.69, 9.17) is 0 Å². The zero-order valence-electron chi connectivity index (χ0n) is 14.4. The maximum atomic E-state index is 12.3. The Morgan fingerprint density at radius 2 is 1.85 bits per heavy atom. The fourth-order valence-corrected chi connectivity index (χ4v) is 2.26. The molecule has 1 aromatic carbocycles. The first-order valence-corrected chi connectivity index (χ1v) is 8.03. The summed E-state index contributed by atoms with van der Waals surface area (Å²) in [6, 6.07) is 8.19. The van der Waals surface area contributed by atoms with Crippen LogP contribution in [0, 0.1) is 6.92 Å². The Hall–Kier alpha value is -3.55. The molecule has 0 spiro atoms. The molecule has 0 saturated heterocycles. The van der Waals surface area contributed by atoms with Crippen molar-refractivity contribution in [1.82, 2.24) is 19.7 Å². The molecule has 0 aliphatic rings. The molecule has 2 aromatic heterocycles. The number of hydrogen-bond acceptors (Lipinski definition) is 5. The normalized spacial score (nSPS) is 11.6. The average Bonchev–Trinajstić information content (AvgIpc) is 3.16. The Balaban J connectivity index is 1.67. The molecule has 0 bridgehead atoms. The number of carbonyl (C=O) groups excluding carboxylic acids is 2. The first-order valence-electron chi connectivity index (χ1n) is 8.03. The smallest absolute Gasteiger partial charge is 0.275 e. The van der Waals surface area contributed by atoms with Gasteiger partial charge >= 0.3 is 0 Å². The Bertz CT molecular complexity index is 906. The van der Waals surface area contributed by atoms with Crippen LogP contribution in [0.4, 0.5) is 11.4 Å². The number of anilines is 2. The third kappa shape index (κ3) is 4.10. The second kappa shape index (κ2) is 7.56. The third-order valence-corrected chi connectivity index (χ3v) is 3.70. The standard InChI is InChI=1S/C18H18N6O2/c1-12-10-20-16(11-19-12)18(26)23-15-6-3-5-14(9-15)22-17(25)13(2)24-8-4-7-21-24/h3-11,13H,1-2H3,(H,22,25)(H,23,26). The molecule has 26 heavy (non-hydrogen) atoms. The van der Waals surface area contributed by atoms with Crippen LogP contribution in [-0.4, -0.2) is 31.6 Å². The van der Waals surface area contributed by atoms with Gasteiger partial charge in [0.15, 0.2) is 0 Å². The number of nitrogens with zero attached hydrogens (tertiary/aromatic N) is 4. The molecule has 2 N–H and O–H groups in total. The van der Waals surface area contributed by atoms with Gasteiger partial charge in [0.05, 0.1) is 11.9 Å². The van der Waals surface area contributed by atoms with E-state index in [1.54, 1.807) is 61.3 Å². The number of aryl methyl sites for hydroxylation is 1. The summed E-state index contributed by atoms with van der Waals surface area (Å²) in [6.07, 6.45) is 6.29. The largest absolute Gasteiger partial charge is 0.324 e. The van der Waals surface area contributed by atoms with E-state index in [0.29, 0.717) is 11.4 Å². The molecule has 0 aliphatic carbocycles. The lowest BCUT2D eigenvalue weighted by Crippen LogP contribution is -2.24. The van der Waals surface area contributed by atoms with Crippen molar-refractivity contribution in [1.29, 1.82) is 0 Å². The molecule has 2 amide bonds. The van der Waals surface area contributed by atoms with Gasteiger partial charge < -0.3 is 10.6 Å². The highest BCUT2D eigenvalue weighted by Gasteiger charge is 2.15. The van der Waals surface area contributed by atoms with E-state index in [-0.39, 0.29) is 17.5 Å². The molecule has 8 heteroatoms. The molecule has 0 fully saturated rings. The van der Waals surface area contributed by atoms with Gasteiger partial charge in [-0.1, -0.05) is 6.07 Å². The molecular formula is C18H18N6O2. The second-order valence-electron chi connectivity index (χ2n) is 5.73. The van der Waals surface area contributed by atoms with Crippen LogP contribution in [0.1, 0.15) is 29.1 Å². The summed E-state index contributed by atoms with van der Waals surface area (Å²) in [5, 5.41) is 9.61. The van der Waals surface area contributed by atoms with Gasteiger partial charge in [-0.2, -0.15) is 5.10 Å². The molecule has 0 aliphatic heterocycles. The maximum absolute atomic E-state index is 12.3. The summed E-state index contributed by atoms with van der Waals surface area (Å²) in [5.41, 5.74) is 2.07. The summed E-state index contributed by atoms with van der Waals surface area (Å²) >= 11 is 0. The SMILES string of the molecule is Cc1cnc(C(=O)Nc2cccc(NC(=O)C(C)n3cccn3)c2)cn1. The van der Waals surface area contributed by atoms with Crippen molar-refractivity contribution in [2.75, 3.05) is 10.6 Å². The number of hydrogen-bond donors (Lipinski definition) is 2. The first-order chi connectivity index (χ1) is 12.5. The van der Waals surface area contributed by atoms with Crippen molar-refractivity contribution in [2.24, 2.45) is 0 Å². The van der Waals surface area contributed by atoms with E-state index in [1.807, 2.05) is 0 Å². The summed E-state index contributed by atoms with van der Waals surface area (Å²) in [4.78, 5) is 32.6. The van der Waals surface area contributed by atoms with E-state index < -0.39 is 6.04 Å². The van der Waals surface area contributed by atoms with Crippen LogP contribution in [0.3, 0.4) is 0 Å². The quantitative estimate of drug-likeness (QED) is 0.736. The summed E-state index contributed by atoms with van der Waals surface area (Å²) in [5.74, 6) is -0.576. The van der Waals surface area contributed by atoms with Crippen LogP contribution < -0.4 is 10.6 Å². The van der Waals surface area contributed by atoms with Gasteiger partial charge in [0.2, 0.25) is 5.91 Å². The zero-order chi connectivity index (χ0) is 18.5. The lowest BCUT2D eigenvalue weighted by Gasteiger charge is -2.13. The molecule has 1 unspecified atom stereocenters. The lowest BCUT2D eigenvalue weighted by atomic mass is 10.2. The van der Waals surface area contributed by atoms with Crippen LogP contribution in [0.25, 0.3) is 0 Å². The third-order valence-electron chi connectivity index (χ3n) is 3.70. The number of benzene rings is 1. The Labute approximate surface area is 150 Å². The van der Waals surface area contributed by atoms with Crippen molar-refractivity contribution >= 4 is 23.2 Å². The minimum absolute atomic E-state index is 0.207. The summed E-state index contributed by atoms with van der Waals surface area (Å²) < 4.78 is 1.57. The van der Waals surface area contributed by atoms with Crippen molar-refractivity contribution in [2.45, 2.75) is 19.9 Å². The molecular weight excluding hydrogens is 332 g/mol. The first kappa shape index (κ1) is 17.3. The number of amides is 2. The van der Waals surface area contributed by atoms with Crippen LogP contribution in [0.2, 0.25) is 0 Å². The predicted molar refractivity (Wildman–Crippen MR) is 96.7 cm³/mol. The fraction of sp³-hybridized carbons (Fsp3) is 0.167. The summed E-state index contributed by atoms with van der Waals surface area (Å²) in [7, 11) is 0. The molecule has 2 heterocycles. The van der Waals surface area contributed by atoms with Crippen molar-refractivity contribution in [3.05, 3.63) is 66.5 Å². The molecule has 3 rings (SSSR count). The second-order valence-corrected chi connectivity index (χ2v) is 5.73. The van der Waals surface area contributed by atoms with Gasteiger partial charge in [-0.05, 0) is 38.1 Å². The Morgan fingerprint density at radius 3 is 2.50 bits per heavy atom. The average molecular weight is 350 g/mol. The van der Waals surface area contributed by atoms with Gasteiger partial charge in [0, 0.05) is 30.0 Å². The highest BCUT2D eigenvalue weighted by atomic mass is 16.2. The number of aromatic nitrogens is 4. The molecule has 0 saturated carbocycles. The van der Waals surface area contributed by atoms with Crippen molar-refractivity contribution in [3.63, 3.8) is 0 Å². The molecule has 3 aromatic rings. The van der Waals surface area contributed by atoms with E-state index in [2.05, 4.69) is 25.7 Å². The van der Waals surface area contributed by atoms with Crippen LogP contribution >= 0.6 is 0 Å². The highest BCUT2D eigenvalue weighted by Crippen LogP contribution is 2.17. The monoisotopic (exact) mass is 350 g/mol. The van der Waals surface area contributed by atoms with E-state index in [1.165, 1.54) is 12.4 Å². The van der Waals surface area contributed by atoms with Crippen LogP contribution in [0.5, 0.6) is 0 Å². The topological polar surface area (TPSA) is 102 Å². The zero-order valence-corrected chi connectivity index (χ0v) is 14.4. The molecule has 1 atom stereocenters. The van der Waals surface area contributed by atoms with E-state index >= 15 is 0 Å². The van der Waals surface area contributed by atoms with Crippen LogP contribution in [0.15, 0.2) is 55.1 Å². The highest BCUT2D eigenvalue weighted by molar-refractivity contribution is 6.03. The number of nitrogens with one attached hydrogen (secondary N) is 2. The van der Waals surface area contributed by atoms with Crippen LogP contribution in [-0.2, 0) is 4.79 Å². The van der Waals surface area contributed by atoms with Gasteiger partial charge in [0.25, 0.3) is 5.91 Å². The van der Waals surface area contributed by atoms with Crippen molar-refractivity contribution in [3.8, 4) is 0 Å². The molecule has 0 radical (unpaired) electrons. The molecule has 8 nitrogen and oxygen atoms in total. The van der Waals surface area contributed by atoms with E-state index in [9.17, 15) is 9.59 Å². The van der Waals surface area contributed by atoms with Gasteiger partial charge in [-0.15, -0.1) is 0 Å². The number of rotatable bonds is 5. The lowest BCUT2D eigenvalue weighted by molar-refractivity contribution is -0.119. The maximum Gasteiger partial charge on any atom is 0.275 e. The van der Waals surface area contributed by atoms with E-state index in [0.717, 1.165) is 5.69 Å². The predicted octanol–water partition coefficient (Wildman–Crippen LogP) is 2.43. The Kier molecular flexibility index (Phi) is 5.02. The fourth-order valence-electron chi connectivity index (χ4n) is 2.26. The Morgan fingerprint density at radius 1 is 1.08 bits per heavy atom. The minimum Gasteiger partial charge on any atom is -0.324 e. The van der Waals surface area contributed by atoms with Gasteiger partial charge in [-0.25, -0.2) is 4.98 Å². The summed E-state index contributed by atoms with van der Waals surface area (Å²) in [6.45, 7) is 3.55. The van der Waals surface area contributed by atoms with Crippen molar-refractivity contribution < 1.29 is 9.59 Å². The van der Waals surface area contributed by atoms with Gasteiger partial charge in [-0.3, -0.25) is 19.3 Å². The molecule has 132 valence electrons. The number of carbonyl (C=O) groups is 2. The van der Waals surface area contributed by atoms with Gasteiger partial charge in [0.1, 0.15) is 11.7 Å².